The molecule has 1 fully saturated rings. The molecular formula is C21H25N3O4S. The standard InChI is InChI=1S/C21H25N3O4S/c1-3-11-27-20(25)19-22-9-10-23(19)16-7-5-15(6-8-16)18-13-17(29)14-24(18)21(26)28-12-4-2/h3-8,17-18,29H,1-2,9-14H2/t17-,18+/m0/s1. The third-order valence-electron chi connectivity index (χ3n) is 4.78. The average molecular weight is 416 g/mol. The van der Waals surface area contributed by atoms with Crippen molar-refractivity contribution in [2.75, 3.05) is 37.7 Å². The SMILES string of the molecule is C=CCOC(=O)C1=NCCN1c1ccc([C@H]2C[C@H](S)CN2C(=O)OCC=C)cc1. The molecule has 0 spiro atoms. The summed E-state index contributed by atoms with van der Waals surface area (Å²) < 4.78 is 10.3. The summed E-state index contributed by atoms with van der Waals surface area (Å²) in [5.41, 5.74) is 1.84. The minimum absolute atomic E-state index is 0.0907. The highest BCUT2D eigenvalue weighted by atomic mass is 32.1. The van der Waals surface area contributed by atoms with Crippen LogP contribution in [0.25, 0.3) is 0 Å². The second-order valence-electron chi connectivity index (χ2n) is 6.76. The number of carbonyl (C=O) groups excluding carboxylic acids is 2. The maximum Gasteiger partial charge on any atom is 0.410 e. The van der Waals surface area contributed by atoms with Gasteiger partial charge in [-0.15, -0.1) is 0 Å². The first-order valence-electron chi connectivity index (χ1n) is 9.47. The lowest BCUT2D eigenvalue weighted by atomic mass is 10.0. The molecule has 3 rings (SSSR count). The number of benzene rings is 1. The highest BCUT2D eigenvalue weighted by molar-refractivity contribution is 7.81. The Balaban J connectivity index is 1.73. The molecule has 154 valence electrons. The van der Waals surface area contributed by atoms with Crippen molar-refractivity contribution < 1.29 is 19.1 Å². The predicted molar refractivity (Wildman–Crippen MR) is 116 cm³/mol. The highest BCUT2D eigenvalue weighted by Gasteiger charge is 2.36. The zero-order chi connectivity index (χ0) is 20.8. The van der Waals surface area contributed by atoms with Gasteiger partial charge in [-0.3, -0.25) is 4.99 Å². The van der Waals surface area contributed by atoms with Gasteiger partial charge in [0.15, 0.2) is 0 Å². The fraction of sp³-hybridized carbons (Fsp3) is 0.381. The second kappa shape index (κ2) is 9.65. The Kier molecular flexibility index (Phi) is 6.98. The Morgan fingerprint density at radius 1 is 1.17 bits per heavy atom. The number of amides is 1. The normalized spacial score (nSPS) is 20.9. The summed E-state index contributed by atoms with van der Waals surface area (Å²) in [6.45, 7) is 9.12. The third kappa shape index (κ3) is 4.82. The molecule has 0 aliphatic carbocycles. The fourth-order valence-corrected chi connectivity index (χ4v) is 3.87. The summed E-state index contributed by atoms with van der Waals surface area (Å²) >= 11 is 4.55. The molecule has 1 aromatic rings. The Labute approximate surface area is 176 Å². The highest BCUT2D eigenvalue weighted by Crippen LogP contribution is 2.35. The van der Waals surface area contributed by atoms with Crippen molar-refractivity contribution in [2.24, 2.45) is 4.99 Å². The van der Waals surface area contributed by atoms with E-state index in [1.54, 1.807) is 11.0 Å². The Morgan fingerprint density at radius 3 is 2.55 bits per heavy atom. The number of rotatable bonds is 7. The van der Waals surface area contributed by atoms with Crippen molar-refractivity contribution in [3.8, 4) is 0 Å². The van der Waals surface area contributed by atoms with Crippen molar-refractivity contribution in [3.63, 3.8) is 0 Å². The molecule has 0 radical (unpaired) electrons. The predicted octanol–water partition coefficient (Wildman–Crippen LogP) is 3.00. The van der Waals surface area contributed by atoms with Crippen LogP contribution in [0.5, 0.6) is 0 Å². The van der Waals surface area contributed by atoms with Crippen molar-refractivity contribution in [2.45, 2.75) is 17.7 Å². The molecule has 0 N–H and O–H groups in total. The van der Waals surface area contributed by atoms with Gasteiger partial charge in [0.2, 0.25) is 5.84 Å². The van der Waals surface area contributed by atoms with Gasteiger partial charge in [0.05, 0.1) is 12.6 Å². The molecule has 0 aromatic heterocycles. The number of hydrogen-bond donors (Lipinski definition) is 1. The molecule has 0 bridgehead atoms. The molecule has 2 atom stereocenters. The topological polar surface area (TPSA) is 71.4 Å². The molecule has 1 amide bonds. The van der Waals surface area contributed by atoms with E-state index in [9.17, 15) is 9.59 Å². The first kappa shape index (κ1) is 21.0. The zero-order valence-corrected chi connectivity index (χ0v) is 17.1. The summed E-state index contributed by atoms with van der Waals surface area (Å²) in [7, 11) is 0. The summed E-state index contributed by atoms with van der Waals surface area (Å²) in [6.07, 6.45) is 3.45. The first-order chi connectivity index (χ1) is 14.0. The number of aliphatic imine (C=N–C) groups is 1. The number of esters is 1. The van der Waals surface area contributed by atoms with Gasteiger partial charge in [-0.2, -0.15) is 12.6 Å². The van der Waals surface area contributed by atoms with E-state index in [2.05, 4.69) is 30.8 Å². The van der Waals surface area contributed by atoms with E-state index in [-0.39, 0.29) is 30.6 Å². The van der Waals surface area contributed by atoms with Gasteiger partial charge in [-0.05, 0) is 24.1 Å². The molecule has 2 aliphatic heterocycles. The van der Waals surface area contributed by atoms with E-state index in [0.29, 0.717) is 25.5 Å². The number of ether oxygens (including phenoxy) is 2. The monoisotopic (exact) mass is 415 g/mol. The van der Waals surface area contributed by atoms with Crippen LogP contribution in [0.3, 0.4) is 0 Å². The van der Waals surface area contributed by atoms with Crippen molar-refractivity contribution in [1.29, 1.82) is 0 Å². The maximum absolute atomic E-state index is 12.4. The summed E-state index contributed by atoms with van der Waals surface area (Å²) in [5.74, 6) is -0.165. The molecule has 2 heterocycles. The lowest BCUT2D eigenvalue weighted by molar-refractivity contribution is -0.134. The number of anilines is 1. The van der Waals surface area contributed by atoms with Gasteiger partial charge in [-0.25, -0.2) is 9.59 Å². The van der Waals surface area contributed by atoms with Gasteiger partial charge >= 0.3 is 12.1 Å². The van der Waals surface area contributed by atoms with Crippen LogP contribution in [0, 0.1) is 0 Å². The van der Waals surface area contributed by atoms with Crippen LogP contribution in [0.1, 0.15) is 18.0 Å². The smallest absolute Gasteiger partial charge is 0.410 e. The summed E-state index contributed by atoms with van der Waals surface area (Å²) in [6, 6.07) is 7.68. The minimum Gasteiger partial charge on any atom is -0.456 e. The van der Waals surface area contributed by atoms with Crippen LogP contribution in [-0.2, 0) is 14.3 Å². The van der Waals surface area contributed by atoms with Crippen molar-refractivity contribution >= 4 is 36.2 Å². The molecule has 0 unspecified atom stereocenters. The largest absolute Gasteiger partial charge is 0.456 e. The third-order valence-corrected chi connectivity index (χ3v) is 5.16. The molecule has 29 heavy (non-hydrogen) atoms. The molecule has 1 aromatic carbocycles. The van der Waals surface area contributed by atoms with E-state index >= 15 is 0 Å². The molecule has 8 heteroatoms. The maximum atomic E-state index is 12.4. The number of thiol groups is 1. The van der Waals surface area contributed by atoms with Gasteiger partial charge in [0.1, 0.15) is 13.2 Å². The van der Waals surface area contributed by atoms with Gasteiger partial charge in [-0.1, -0.05) is 37.4 Å². The second-order valence-corrected chi connectivity index (χ2v) is 7.49. The number of hydrogen-bond acceptors (Lipinski definition) is 7. The van der Waals surface area contributed by atoms with Crippen LogP contribution < -0.4 is 4.90 Å². The summed E-state index contributed by atoms with van der Waals surface area (Å²) in [4.78, 5) is 32.3. The minimum atomic E-state index is -0.462. The van der Waals surface area contributed by atoms with Gasteiger partial charge in [0.25, 0.3) is 0 Å². The quantitative estimate of drug-likeness (QED) is 0.421. The van der Waals surface area contributed by atoms with Crippen LogP contribution in [0.4, 0.5) is 10.5 Å². The summed E-state index contributed by atoms with van der Waals surface area (Å²) in [5, 5.41) is 0.0907. The van der Waals surface area contributed by atoms with E-state index < -0.39 is 5.97 Å². The van der Waals surface area contributed by atoms with Crippen LogP contribution in [-0.4, -0.2) is 60.9 Å². The molecular weight excluding hydrogens is 390 g/mol. The van der Waals surface area contributed by atoms with Crippen molar-refractivity contribution in [3.05, 3.63) is 55.1 Å². The van der Waals surface area contributed by atoms with Crippen LogP contribution in [0.15, 0.2) is 54.6 Å². The van der Waals surface area contributed by atoms with Crippen LogP contribution in [0.2, 0.25) is 0 Å². The molecule has 2 aliphatic rings. The fourth-order valence-electron chi connectivity index (χ4n) is 3.49. The zero-order valence-electron chi connectivity index (χ0n) is 16.2. The lowest BCUT2D eigenvalue weighted by Gasteiger charge is -2.25. The Hall–Kier alpha value is -2.74. The average Bonchev–Trinajstić information content (AvgIpc) is 3.37. The lowest BCUT2D eigenvalue weighted by Crippen LogP contribution is -2.35. The molecule has 1 saturated heterocycles. The van der Waals surface area contributed by atoms with Crippen LogP contribution >= 0.6 is 12.6 Å². The number of likely N-dealkylation sites (tertiary alicyclic amines) is 1. The molecule has 7 nitrogen and oxygen atoms in total. The van der Waals surface area contributed by atoms with Gasteiger partial charge in [0, 0.05) is 24.0 Å². The molecule has 0 saturated carbocycles. The number of amidine groups is 1. The van der Waals surface area contributed by atoms with Crippen molar-refractivity contribution in [1.82, 2.24) is 4.90 Å². The first-order valence-corrected chi connectivity index (χ1v) is 9.99. The van der Waals surface area contributed by atoms with E-state index in [1.165, 1.54) is 6.08 Å². The Bertz CT molecular complexity index is 809. The Morgan fingerprint density at radius 2 is 1.86 bits per heavy atom. The number of carbonyl (C=O) groups is 2. The number of nitrogens with zero attached hydrogens (tertiary/aromatic N) is 3. The van der Waals surface area contributed by atoms with E-state index in [1.807, 2.05) is 29.2 Å². The van der Waals surface area contributed by atoms with Gasteiger partial charge < -0.3 is 19.3 Å². The van der Waals surface area contributed by atoms with E-state index in [4.69, 9.17) is 9.47 Å². The van der Waals surface area contributed by atoms with E-state index in [0.717, 1.165) is 17.7 Å².